The van der Waals surface area contributed by atoms with Gasteiger partial charge in [0.2, 0.25) is 0 Å². The molecule has 0 aromatic rings. The smallest absolute Gasteiger partial charge is 0.00979 e. The summed E-state index contributed by atoms with van der Waals surface area (Å²) >= 11 is 0. The lowest BCUT2D eigenvalue weighted by molar-refractivity contribution is 0.253. The van der Waals surface area contributed by atoms with Crippen molar-refractivity contribution in [2.75, 3.05) is 13.6 Å². The van der Waals surface area contributed by atoms with Crippen molar-refractivity contribution >= 4 is 0 Å². The lowest BCUT2D eigenvalue weighted by Crippen LogP contribution is -2.28. The maximum absolute atomic E-state index is 2.53. The number of likely N-dealkylation sites (tertiary alicyclic amines) is 1. The van der Waals surface area contributed by atoms with Gasteiger partial charge in [-0.05, 0) is 38.1 Å². The quantitative estimate of drug-likeness (QED) is 0.514. The van der Waals surface area contributed by atoms with E-state index in [1.807, 2.05) is 0 Å². The zero-order valence-corrected chi connectivity index (χ0v) is 7.88. The maximum atomic E-state index is 2.53. The van der Waals surface area contributed by atoms with Crippen LogP contribution >= 0.6 is 0 Å². The van der Waals surface area contributed by atoms with Gasteiger partial charge < -0.3 is 4.90 Å². The number of hydrogen-bond acceptors (Lipinski definition) is 1. The highest BCUT2D eigenvalue weighted by Crippen LogP contribution is 2.44. The highest BCUT2D eigenvalue weighted by molar-refractivity contribution is 4.95. The average Bonchev–Trinajstić information content (AvgIpc) is 2.41. The molecule has 0 bridgehead atoms. The Morgan fingerprint density at radius 1 is 1.18 bits per heavy atom. The van der Waals surface area contributed by atoms with Crippen LogP contribution in [0.5, 0.6) is 0 Å². The number of hydrogen-bond donors (Lipinski definition) is 0. The van der Waals surface area contributed by atoms with Gasteiger partial charge in [-0.15, -0.1) is 0 Å². The van der Waals surface area contributed by atoms with Gasteiger partial charge in [0, 0.05) is 12.6 Å². The van der Waals surface area contributed by atoms with Crippen molar-refractivity contribution in [2.45, 2.75) is 32.7 Å². The molecule has 0 amide bonds. The van der Waals surface area contributed by atoms with Crippen LogP contribution in [0.25, 0.3) is 0 Å². The SMILES string of the molecule is CC1CCC2CN(C)C(C)C12. The summed E-state index contributed by atoms with van der Waals surface area (Å²) in [7, 11) is 2.27. The van der Waals surface area contributed by atoms with E-state index >= 15 is 0 Å². The molecule has 1 saturated carbocycles. The summed E-state index contributed by atoms with van der Waals surface area (Å²) < 4.78 is 0. The van der Waals surface area contributed by atoms with Crippen LogP contribution in [0.1, 0.15) is 26.7 Å². The van der Waals surface area contributed by atoms with E-state index in [1.165, 1.54) is 19.4 Å². The summed E-state index contributed by atoms with van der Waals surface area (Å²) in [5.74, 6) is 3.03. The van der Waals surface area contributed by atoms with Crippen molar-refractivity contribution in [3.63, 3.8) is 0 Å². The van der Waals surface area contributed by atoms with Crippen LogP contribution in [-0.4, -0.2) is 24.5 Å². The second-order valence-electron chi connectivity index (χ2n) is 4.57. The van der Waals surface area contributed by atoms with Crippen molar-refractivity contribution in [3.8, 4) is 0 Å². The number of fused-ring (bicyclic) bond motifs is 1. The van der Waals surface area contributed by atoms with E-state index in [0.717, 1.165) is 23.8 Å². The first-order valence-electron chi connectivity index (χ1n) is 4.90. The minimum atomic E-state index is 0.845. The van der Waals surface area contributed by atoms with Crippen molar-refractivity contribution < 1.29 is 0 Å². The molecule has 1 heterocycles. The van der Waals surface area contributed by atoms with Crippen LogP contribution in [0.4, 0.5) is 0 Å². The summed E-state index contributed by atoms with van der Waals surface area (Å²) in [6.45, 7) is 6.18. The zero-order chi connectivity index (χ0) is 8.01. The molecule has 0 aromatic carbocycles. The first kappa shape index (κ1) is 7.60. The molecule has 1 aliphatic heterocycles. The lowest BCUT2D eigenvalue weighted by Gasteiger charge is -2.22. The molecular weight excluding hydrogens is 134 g/mol. The molecule has 64 valence electrons. The van der Waals surface area contributed by atoms with E-state index in [9.17, 15) is 0 Å². The average molecular weight is 153 g/mol. The number of nitrogens with zero attached hydrogens (tertiary/aromatic N) is 1. The molecule has 2 fully saturated rings. The predicted molar refractivity (Wildman–Crippen MR) is 47.5 cm³/mol. The van der Waals surface area contributed by atoms with Gasteiger partial charge in [0.1, 0.15) is 0 Å². The summed E-state index contributed by atoms with van der Waals surface area (Å²) in [4.78, 5) is 2.53. The van der Waals surface area contributed by atoms with Crippen LogP contribution in [0.15, 0.2) is 0 Å². The first-order valence-corrected chi connectivity index (χ1v) is 4.90. The highest BCUT2D eigenvalue weighted by Gasteiger charge is 2.43. The third-order valence-corrected chi connectivity index (χ3v) is 3.97. The van der Waals surface area contributed by atoms with Crippen LogP contribution in [0.3, 0.4) is 0 Å². The van der Waals surface area contributed by atoms with E-state index in [1.54, 1.807) is 0 Å². The normalized spacial score (nSPS) is 51.5. The molecule has 0 N–H and O–H groups in total. The van der Waals surface area contributed by atoms with Gasteiger partial charge in [0.15, 0.2) is 0 Å². The Labute approximate surface area is 69.8 Å². The summed E-state index contributed by atoms with van der Waals surface area (Å²) in [5, 5.41) is 0. The van der Waals surface area contributed by atoms with E-state index in [0.29, 0.717) is 0 Å². The number of rotatable bonds is 0. The topological polar surface area (TPSA) is 3.24 Å². The molecular formula is C10H19N. The Morgan fingerprint density at radius 2 is 1.91 bits per heavy atom. The zero-order valence-electron chi connectivity index (χ0n) is 7.88. The van der Waals surface area contributed by atoms with Crippen LogP contribution in [0.2, 0.25) is 0 Å². The summed E-state index contributed by atoms with van der Waals surface area (Å²) in [5.41, 5.74) is 0. The molecule has 0 aromatic heterocycles. The molecule has 1 heteroatoms. The molecule has 4 atom stereocenters. The van der Waals surface area contributed by atoms with E-state index in [4.69, 9.17) is 0 Å². The Hall–Kier alpha value is -0.0400. The van der Waals surface area contributed by atoms with Crippen LogP contribution in [0, 0.1) is 17.8 Å². The van der Waals surface area contributed by atoms with Crippen molar-refractivity contribution in [3.05, 3.63) is 0 Å². The van der Waals surface area contributed by atoms with Crippen molar-refractivity contribution in [1.29, 1.82) is 0 Å². The van der Waals surface area contributed by atoms with Gasteiger partial charge in [-0.1, -0.05) is 13.3 Å². The Kier molecular flexibility index (Phi) is 1.71. The Bertz CT molecular complexity index is 153. The second kappa shape index (κ2) is 2.48. The Morgan fingerprint density at radius 3 is 2.55 bits per heavy atom. The van der Waals surface area contributed by atoms with Gasteiger partial charge in [-0.2, -0.15) is 0 Å². The van der Waals surface area contributed by atoms with Crippen molar-refractivity contribution in [1.82, 2.24) is 4.90 Å². The third kappa shape index (κ3) is 1.01. The molecule has 0 radical (unpaired) electrons. The fourth-order valence-corrected chi connectivity index (χ4v) is 3.24. The molecule has 0 spiro atoms. The third-order valence-electron chi connectivity index (χ3n) is 3.97. The monoisotopic (exact) mass is 153 g/mol. The largest absolute Gasteiger partial charge is 0.303 e. The van der Waals surface area contributed by atoms with Crippen LogP contribution in [-0.2, 0) is 0 Å². The van der Waals surface area contributed by atoms with Gasteiger partial charge in [0.05, 0.1) is 0 Å². The van der Waals surface area contributed by atoms with Gasteiger partial charge in [-0.3, -0.25) is 0 Å². The fraction of sp³-hybridized carbons (Fsp3) is 1.00. The summed E-state index contributed by atoms with van der Waals surface area (Å²) in [6.07, 6.45) is 2.97. The van der Waals surface area contributed by atoms with Crippen molar-refractivity contribution in [2.24, 2.45) is 17.8 Å². The minimum Gasteiger partial charge on any atom is -0.303 e. The highest BCUT2D eigenvalue weighted by atomic mass is 15.2. The fourth-order valence-electron chi connectivity index (χ4n) is 3.24. The summed E-state index contributed by atoms with van der Waals surface area (Å²) in [6, 6.07) is 0.845. The van der Waals surface area contributed by atoms with Gasteiger partial charge in [-0.25, -0.2) is 0 Å². The molecule has 1 saturated heterocycles. The first-order chi connectivity index (χ1) is 5.20. The lowest BCUT2D eigenvalue weighted by atomic mass is 9.89. The Balaban J connectivity index is 2.13. The second-order valence-corrected chi connectivity index (χ2v) is 4.57. The van der Waals surface area contributed by atoms with E-state index < -0.39 is 0 Å². The molecule has 1 aliphatic carbocycles. The standard InChI is InChI=1S/C10H19N/c1-7-4-5-9-6-11(3)8(2)10(7)9/h7-10H,4-6H2,1-3H3. The van der Waals surface area contributed by atoms with E-state index in [-0.39, 0.29) is 0 Å². The minimum absolute atomic E-state index is 0.845. The van der Waals surface area contributed by atoms with Gasteiger partial charge >= 0.3 is 0 Å². The molecule has 11 heavy (non-hydrogen) atoms. The van der Waals surface area contributed by atoms with Gasteiger partial charge in [0.25, 0.3) is 0 Å². The predicted octanol–water partition coefficient (Wildman–Crippen LogP) is 1.98. The van der Waals surface area contributed by atoms with E-state index in [2.05, 4.69) is 25.8 Å². The molecule has 2 aliphatic rings. The van der Waals surface area contributed by atoms with Crippen LogP contribution < -0.4 is 0 Å². The molecule has 4 unspecified atom stereocenters. The molecule has 2 rings (SSSR count). The molecule has 1 nitrogen and oxygen atoms in total. The maximum Gasteiger partial charge on any atom is 0.00979 e.